The molecule has 0 spiro atoms. The molecule has 114 valence electrons. The van der Waals surface area contributed by atoms with Gasteiger partial charge < -0.3 is 21.5 Å². The summed E-state index contributed by atoms with van der Waals surface area (Å²) in [6.45, 7) is -0.166. The lowest BCUT2D eigenvalue weighted by Crippen LogP contribution is -2.22. The van der Waals surface area contributed by atoms with Gasteiger partial charge in [0.1, 0.15) is 5.69 Å². The summed E-state index contributed by atoms with van der Waals surface area (Å²) in [5.74, 6) is 0.226. The van der Waals surface area contributed by atoms with Crippen LogP contribution in [0.1, 0.15) is 0 Å². The van der Waals surface area contributed by atoms with Crippen molar-refractivity contribution in [2.75, 3.05) is 24.7 Å². The Morgan fingerprint density at radius 2 is 2.05 bits per heavy atom. The third-order valence-corrected chi connectivity index (χ3v) is 2.69. The predicted octanol–water partition coefficient (Wildman–Crippen LogP) is 1.98. The molecule has 0 saturated carbocycles. The second kappa shape index (κ2) is 7.14. The van der Waals surface area contributed by atoms with Gasteiger partial charge in [0.25, 0.3) is 0 Å². The Hall–Kier alpha value is -3.00. The van der Waals surface area contributed by atoms with Crippen LogP contribution in [0.3, 0.4) is 0 Å². The molecule has 5 N–H and O–H groups in total. The number of pyridine rings is 1. The number of aromatic nitrogens is 1. The highest BCUT2D eigenvalue weighted by atomic mass is 16.5. The number of nitrogen functional groups attached to an aromatic ring is 1. The van der Waals surface area contributed by atoms with Gasteiger partial charge in [0, 0.05) is 6.07 Å². The van der Waals surface area contributed by atoms with Crippen LogP contribution in [-0.2, 0) is 4.79 Å². The number of nitrogens with zero attached hydrogens (tertiary/aromatic N) is 3. The van der Waals surface area contributed by atoms with Crippen molar-refractivity contribution < 1.29 is 9.53 Å². The lowest BCUT2D eigenvalue weighted by molar-refractivity contribution is -0.114. The fourth-order valence-corrected chi connectivity index (χ4v) is 1.61. The van der Waals surface area contributed by atoms with Crippen LogP contribution in [0, 0.1) is 0 Å². The van der Waals surface area contributed by atoms with Gasteiger partial charge in [-0.15, -0.1) is 5.11 Å². The molecule has 8 nitrogen and oxygen atoms in total. The smallest absolute Gasteiger partial charge is 0.239 e. The summed E-state index contributed by atoms with van der Waals surface area (Å²) >= 11 is 0. The van der Waals surface area contributed by atoms with Gasteiger partial charge >= 0.3 is 0 Å². The molecule has 0 bridgehead atoms. The van der Waals surface area contributed by atoms with E-state index in [-0.39, 0.29) is 18.2 Å². The number of methoxy groups -OCH3 is 1. The monoisotopic (exact) mass is 300 g/mol. The van der Waals surface area contributed by atoms with Gasteiger partial charge in [-0.25, -0.2) is 4.98 Å². The van der Waals surface area contributed by atoms with E-state index in [0.29, 0.717) is 17.1 Å². The minimum atomic E-state index is -0.399. The van der Waals surface area contributed by atoms with Crippen molar-refractivity contribution in [1.82, 2.24) is 4.98 Å². The van der Waals surface area contributed by atoms with Crippen molar-refractivity contribution in [2.45, 2.75) is 0 Å². The number of rotatable bonds is 5. The number of carbonyl (C=O) groups is 1. The zero-order chi connectivity index (χ0) is 15.9. The molecule has 2 aromatic rings. The van der Waals surface area contributed by atoms with Crippen LogP contribution in [0.2, 0.25) is 0 Å². The van der Waals surface area contributed by atoms with Crippen LogP contribution >= 0.6 is 0 Å². The van der Waals surface area contributed by atoms with E-state index >= 15 is 0 Å². The number of nitrogens with two attached hydrogens (primary N) is 2. The summed E-state index contributed by atoms with van der Waals surface area (Å²) in [4.78, 5) is 15.4. The molecule has 0 aliphatic rings. The van der Waals surface area contributed by atoms with Gasteiger partial charge in [0.15, 0.2) is 17.4 Å². The number of hydrogen-bond donors (Lipinski definition) is 3. The quantitative estimate of drug-likeness (QED) is 0.727. The summed E-state index contributed by atoms with van der Waals surface area (Å²) in [6, 6.07) is 10.7. The van der Waals surface area contributed by atoms with Crippen LogP contribution in [-0.4, -0.2) is 24.5 Å². The van der Waals surface area contributed by atoms with E-state index in [4.69, 9.17) is 16.2 Å². The molecular formula is C14H16N6O2. The summed E-state index contributed by atoms with van der Waals surface area (Å²) in [5.41, 5.74) is 12.1. The first kappa shape index (κ1) is 15.4. The number of carbonyl (C=O) groups excluding carboxylic acids is 1. The van der Waals surface area contributed by atoms with Crippen LogP contribution in [0.4, 0.5) is 23.0 Å². The molecule has 2 rings (SSSR count). The minimum absolute atomic E-state index is 0.118. The van der Waals surface area contributed by atoms with E-state index in [1.807, 2.05) is 18.2 Å². The molecule has 8 heteroatoms. The second-order valence-corrected chi connectivity index (χ2v) is 4.23. The SMILES string of the molecule is COc1cc(N=Nc2ccccc2)c(N)nc1NC(=O)CN. The first-order chi connectivity index (χ1) is 10.6. The van der Waals surface area contributed by atoms with Gasteiger partial charge in [-0.1, -0.05) is 18.2 Å². The fraction of sp³-hybridized carbons (Fsp3) is 0.143. The number of hydrogen-bond acceptors (Lipinski definition) is 7. The van der Waals surface area contributed by atoms with Crippen molar-refractivity contribution in [1.29, 1.82) is 0 Å². The standard InChI is InChI=1S/C14H16N6O2/c1-22-11-7-10(20-19-9-5-3-2-4-6-9)13(16)18-14(11)17-12(21)8-15/h2-7H,8,15H2,1H3,(H3,16,17,18,21). The van der Waals surface area contributed by atoms with Gasteiger partial charge in [0.2, 0.25) is 5.91 Å². The van der Waals surface area contributed by atoms with E-state index in [1.165, 1.54) is 7.11 Å². The van der Waals surface area contributed by atoms with Gasteiger partial charge in [-0.3, -0.25) is 4.79 Å². The Morgan fingerprint density at radius 3 is 2.68 bits per heavy atom. The third kappa shape index (κ3) is 3.76. The molecule has 1 aromatic carbocycles. The molecule has 1 heterocycles. The van der Waals surface area contributed by atoms with Crippen LogP contribution in [0.25, 0.3) is 0 Å². The predicted molar refractivity (Wildman–Crippen MR) is 83.5 cm³/mol. The maximum absolute atomic E-state index is 11.3. The Kier molecular flexibility index (Phi) is 4.99. The average molecular weight is 300 g/mol. The van der Waals surface area contributed by atoms with Crippen molar-refractivity contribution in [2.24, 2.45) is 16.0 Å². The van der Waals surface area contributed by atoms with E-state index in [1.54, 1.807) is 18.2 Å². The molecule has 22 heavy (non-hydrogen) atoms. The summed E-state index contributed by atoms with van der Waals surface area (Å²) in [6.07, 6.45) is 0. The number of nitrogens with one attached hydrogen (secondary N) is 1. The number of anilines is 2. The topological polar surface area (TPSA) is 128 Å². The van der Waals surface area contributed by atoms with Gasteiger partial charge in [0.05, 0.1) is 19.3 Å². The second-order valence-electron chi connectivity index (χ2n) is 4.23. The number of benzene rings is 1. The Balaban J connectivity index is 2.30. The van der Waals surface area contributed by atoms with Crippen molar-refractivity contribution >= 4 is 28.9 Å². The fourth-order valence-electron chi connectivity index (χ4n) is 1.61. The zero-order valence-corrected chi connectivity index (χ0v) is 12.0. The maximum Gasteiger partial charge on any atom is 0.239 e. The van der Waals surface area contributed by atoms with Crippen LogP contribution in [0.15, 0.2) is 46.6 Å². The maximum atomic E-state index is 11.3. The molecule has 0 radical (unpaired) electrons. The third-order valence-electron chi connectivity index (χ3n) is 2.69. The van der Waals surface area contributed by atoms with Crippen LogP contribution < -0.4 is 21.5 Å². The highest BCUT2D eigenvalue weighted by Crippen LogP contribution is 2.32. The Labute approximate surface area is 127 Å². The number of amides is 1. The normalized spacial score (nSPS) is 10.6. The lowest BCUT2D eigenvalue weighted by atomic mass is 10.3. The van der Waals surface area contributed by atoms with E-state index in [0.717, 1.165) is 0 Å². The van der Waals surface area contributed by atoms with E-state index < -0.39 is 5.91 Å². The van der Waals surface area contributed by atoms with Crippen LogP contribution in [0.5, 0.6) is 5.75 Å². The van der Waals surface area contributed by atoms with E-state index in [2.05, 4.69) is 20.5 Å². The molecular weight excluding hydrogens is 284 g/mol. The zero-order valence-electron chi connectivity index (χ0n) is 12.0. The van der Waals surface area contributed by atoms with E-state index in [9.17, 15) is 4.79 Å². The van der Waals surface area contributed by atoms with Crippen molar-refractivity contribution in [3.8, 4) is 5.75 Å². The molecule has 1 amide bonds. The average Bonchev–Trinajstić information content (AvgIpc) is 2.55. The van der Waals surface area contributed by atoms with Gasteiger partial charge in [-0.2, -0.15) is 5.11 Å². The molecule has 0 atom stereocenters. The number of azo groups is 1. The highest BCUT2D eigenvalue weighted by Gasteiger charge is 2.12. The minimum Gasteiger partial charge on any atom is -0.493 e. The van der Waals surface area contributed by atoms with Crippen molar-refractivity contribution in [3.63, 3.8) is 0 Å². The Bertz CT molecular complexity index is 687. The number of ether oxygens (including phenoxy) is 1. The molecule has 0 saturated heterocycles. The summed E-state index contributed by atoms with van der Waals surface area (Å²) in [7, 11) is 1.45. The summed E-state index contributed by atoms with van der Waals surface area (Å²) < 4.78 is 5.16. The molecule has 1 aromatic heterocycles. The highest BCUT2D eigenvalue weighted by molar-refractivity contribution is 5.93. The molecule has 0 fully saturated rings. The van der Waals surface area contributed by atoms with Gasteiger partial charge in [-0.05, 0) is 12.1 Å². The molecule has 0 unspecified atom stereocenters. The molecule has 0 aliphatic heterocycles. The first-order valence-corrected chi connectivity index (χ1v) is 6.45. The Morgan fingerprint density at radius 1 is 1.32 bits per heavy atom. The van der Waals surface area contributed by atoms with Crippen molar-refractivity contribution in [3.05, 3.63) is 36.4 Å². The first-order valence-electron chi connectivity index (χ1n) is 6.45. The largest absolute Gasteiger partial charge is 0.493 e. The summed E-state index contributed by atoms with van der Waals surface area (Å²) in [5, 5.41) is 10.6. The lowest BCUT2D eigenvalue weighted by Gasteiger charge is -2.10. The molecule has 0 aliphatic carbocycles.